The van der Waals surface area contributed by atoms with E-state index in [1.807, 2.05) is 56.3 Å². The van der Waals surface area contributed by atoms with Gasteiger partial charge in [0.15, 0.2) is 5.82 Å². The van der Waals surface area contributed by atoms with Gasteiger partial charge < -0.3 is 25.2 Å². The molecule has 0 saturated carbocycles. The molecule has 4 aromatic rings. The summed E-state index contributed by atoms with van der Waals surface area (Å²) in [4.78, 5) is 20.1. The van der Waals surface area contributed by atoms with Crippen molar-refractivity contribution < 1.29 is 19.7 Å². The second kappa shape index (κ2) is 10.9. The van der Waals surface area contributed by atoms with Gasteiger partial charge in [-0.05, 0) is 35.2 Å². The number of hydrogen-bond acceptors (Lipinski definition) is 8. The van der Waals surface area contributed by atoms with Crippen molar-refractivity contribution in [2.75, 3.05) is 31.2 Å². The van der Waals surface area contributed by atoms with Crippen LogP contribution in [0, 0.1) is 0 Å². The third-order valence-electron chi connectivity index (χ3n) is 6.50. The molecule has 1 amide bonds. The summed E-state index contributed by atoms with van der Waals surface area (Å²) in [5.74, 6) is 0.502. The van der Waals surface area contributed by atoms with Gasteiger partial charge in [-0.2, -0.15) is 0 Å². The Bertz CT molecular complexity index is 1410. The van der Waals surface area contributed by atoms with E-state index in [0.29, 0.717) is 36.6 Å². The van der Waals surface area contributed by atoms with Crippen molar-refractivity contribution >= 4 is 11.7 Å². The largest absolute Gasteiger partial charge is 0.508 e. The number of nitrogens with zero attached hydrogens (tertiary/aromatic N) is 5. The quantitative estimate of drug-likeness (QED) is 0.341. The zero-order valence-corrected chi connectivity index (χ0v) is 21.3. The Morgan fingerprint density at radius 3 is 2.47 bits per heavy atom. The maximum Gasteiger partial charge on any atom is 0.289 e. The first-order chi connectivity index (χ1) is 18.4. The van der Waals surface area contributed by atoms with Crippen LogP contribution in [-0.2, 0) is 11.3 Å². The van der Waals surface area contributed by atoms with Crippen molar-refractivity contribution in [1.29, 1.82) is 0 Å². The van der Waals surface area contributed by atoms with Crippen LogP contribution >= 0.6 is 0 Å². The summed E-state index contributed by atoms with van der Waals surface area (Å²) < 4.78 is 7.01. The Labute approximate surface area is 220 Å². The third-order valence-corrected chi connectivity index (χ3v) is 6.50. The molecule has 10 heteroatoms. The van der Waals surface area contributed by atoms with Gasteiger partial charge in [-0.3, -0.25) is 9.36 Å². The second-order valence-electron chi connectivity index (χ2n) is 9.41. The molecule has 1 aliphatic heterocycles. The van der Waals surface area contributed by atoms with E-state index in [1.54, 1.807) is 16.8 Å². The van der Waals surface area contributed by atoms with Gasteiger partial charge in [0.05, 0.1) is 30.7 Å². The van der Waals surface area contributed by atoms with Crippen LogP contribution in [0.4, 0.5) is 5.82 Å². The first kappa shape index (κ1) is 25.2. The van der Waals surface area contributed by atoms with Crippen LogP contribution in [0.25, 0.3) is 17.1 Å². The number of morpholine rings is 1. The Hall–Kier alpha value is -4.44. The summed E-state index contributed by atoms with van der Waals surface area (Å²) in [5, 5.41) is 32.5. The number of benzene rings is 2. The molecule has 1 aliphatic rings. The first-order valence-corrected chi connectivity index (χ1v) is 12.5. The lowest BCUT2D eigenvalue weighted by Gasteiger charge is -2.27. The molecule has 1 fully saturated rings. The zero-order valence-electron chi connectivity index (χ0n) is 21.3. The van der Waals surface area contributed by atoms with Gasteiger partial charge in [-0.15, -0.1) is 10.2 Å². The molecule has 196 valence electrons. The Balaban J connectivity index is 1.56. The highest BCUT2D eigenvalue weighted by Crippen LogP contribution is 2.38. The van der Waals surface area contributed by atoms with Crippen molar-refractivity contribution in [2.24, 2.45) is 0 Å². The summed E-state index contributed by atoms with van der Waals surface area (Å²) in [5.41, 5.74) is 2.49. The highest BCUT2D eigenvalue weighted by atomic mass is 16.5. The normalized spacial score (nSPS) is 13.6. The minimum atomic E-state index is -0.424. The van der Waals surface area contributed by atoms with Crippen molar-refractivity contribution in [3.63, 3.8) is 0 Å². The van der Waals surface area contributed by atoms with Crippen LogP contribution < -0.4 is 10.2 Å². The molecule has 38 heavy (non-hydrogen) atoms. The fourth-order valence-corrected chi connectivity index (χ4v) is 4.43. The highest BCUT2D eigenvalue weighted by molar-refractivity contribution is 5.92. The predicted molar refractivity (Wildman–Crippen MR) is 143 cm³/mol. The Morgan fingerprint density at radius 2 is 1.79 bits per heavy atom. The number of nitrogens with one attached hydrogen (secondary N) is 1. The molecule has 3 heterocycles. The predicted octanol–water partition coefficient (Wildman–Crippen LogP) is 3.63. The van der Waals surface area contributed by atoms with E-state index >= 15 is 0 Å². The number of carbonyl (C=O) groups is 1. The maximum atomic E-state index is 13.3. The van der Waals surface area contributed by atoms with E-state index in [4.69, 9.17) is 4.74 Å². The summed E-state index contributed by atoms with van der Waals surface area (Å²) in [6, 6.07) is 16.3. The number of aromatic hydroxyl groups is 2. The third kappa shape index (κ3) is 5.16. The molecule has 0 spiro atoms. The summed E-state index contributed by atoms with van der Waals surface area (Å²) in [6.45, 7) is 6.98. The van der Waals surface area contributed by atoms with Crippen molar-refractivity contribution in [1.82, 2.24) is 25.1 Å². The molecular formula is C28H30N6O4. The minimum absolute atomic E-state index is 0.00571. The molecule has 5 rings (SSSR count). The number of ether oxygens (including phenoxy) is 1. The molecule has 2 aromatic heterocycles. The van der Waals surface area contributed by atoms with Crippen LogP contribution in [-0.4, -0.2) is 62.2 Å². The van der Waals surface area contributed by atoms with Crippen molar-refractivity contribution in [3.8, 4) is 28.6 Å². The fourth-order valence-electron chi connectivity index (χ4n) is 4.43. The monoisotopic (exact) mass is 514 g/mol. The molecule has 0 bridgehead atoms. The van der Waals surface area contributed by atoms with E-state index in [9.17, 15) is 15.0 Å². The zero-order chi connectivity index (χ0) is 26.6. The lowest BCUT2D eigenvalue weighted by atomic mass is 9.98. The SMILES string of the molecule is CC(C)c1cc(-c2nnc(C(=O)NCc3ccccc3)n2-c2ccc(N3CCOCC3)nc2)c(O)cc1O. The topological polar surface area (TPSA) is 126 Å². The van der Waals surface area contributed by atoms with Crippen molar-refractivity contribution in [3.05, 3.63) is 77.7 Å². The first-order valence-electron chi connectivity index (χ1n) is 12.5. The smallest absolute Gasteiger partial charge is 0.289 e. The van der Waals surface area contributed by atoms with Crippen LogP contribution in [0.3, 0.4) is 0 Å². The van der Waals surface area contributed by atoms with Gasteiger partial charge >= 0.3 is 0 Å². The molecular weight excluding hydrogens is 484 g/mol. The second-order valence-corrected chi connectivity index (χ2v) is 9.41. The summed E-state index contributed by atoms with van der Waals surface area (Å²) >= 11 is 0. The van der Waals surface area contributed by atoms with E-state index < -0.39 is 5.91 Å². The Kier molecular flexibility index (Phi) is 7.23. The Morgan fingerprint density at radius 1 is 1.03 bits per heavy atom. The number of carbonyl (C=O) groups excluding carboxylic acids is 1. The van der Waals surface area contributed by atoms with E-state index in [-0.39, 0.29) is 29.1 Å². The molecule has 0 radical (unpaired) electrons. The van der Waals surface area contributed by atoms with Gasteiger partial charge in [-0.25, -0.2) is 4.98 Å². The minimum Gasteiger partial charge on any atom is -0.508 e. The molecule has 1 saturated heterocycles. The van der Waals surface area contributed by atoms with E-state index in [0.717, 1.165) is 24.5 Å². The van der Waals surface area contributed by atoms with E-state index in [2.05, 4.69) is 25.4 Å². The van der Waals surface area contributed by atoms with Gasteiger partial charge in [-0.1, -0.05) is 44.2 Å². The number of amides is 1. The van der Waals surface area contributed by atoms with Crippen LogP contribution in [0.1, 0.15) is 41.5 Å². The molecule has 10 nitrogen and oxygen atoms in total. The highest BCUT2D eigenvalue weighted by Gasteiger charge is 2.25. The van der Waals surface area contributed by atoms with Gasteiger partial charge in [0.2, 0.25) is 5.82 Å². The number of aromatic nitrogens is 4. The number of phenolic OH excluding ortho intramolecular Hbond substituents is 2. The number of rotatable bonds is 7. The number of pyridine rings is 1. The molecule has 0 aliphatic carbocycles. The average molecular weight is 515 g/mol. The number of anilines is 1. The maximum absolute atomic E-state index is 13.3. The lowest BCUT2D eigenvalue weighted by Crippen LogP contribution is -2.36. The number of hydrogen-bond donors (Lipinski definition) is 3. The lowest BCUT2D eigenvalue weighted by molar-refractivity contribution is 0.0938. The standard InChI is InChI=1S/C28H30N6O4/c1-18(2)21-14-22(24(36)15-23(21)35)26-31-32-27(28(37)30-16-19-6-4-3-5-7-19)34(26)20-8-9-25(29-17-20)33-10-12-38-13-11-33/h3-9,14-15,17-18,35-36H,10-13,16H2,1-2H3,(H,30,37). The van der Waals surface area contributed by atoms with Gasteiger partial charge in [0, 0.05) is 25.7 Å². The molecule has 2 aromatic carbocycles. The van der Waals surface area contributed by atoms with Crippen LogP contribution in [0.2, 0.25) is 0 Å². The van der Waals surface area contributed by atoms with Crippen LogP contribution in [0.5, 0.6) is 11.5 Å². The van der Waals surface area contributed by atoms with Crippen molar-refractivity contribution in [2.45, 2.75) is 26.3 Å². The summed E-state index contributed by atoms with van der Waals surface area (Å²) in [7, 11) is 0. The van der Waals surface area contributed by atoms with Gasteiger partial charge in [0.25, 0.3) is 5.91 Å². The molecule has 3 N–H and O–H groups in total. The van der Waals surface area contributed by atoms with E-state index in [1.165, 1.54) is 6.07 Å². The summed E-state index contributed by atoms with van der Waals surface area (Å²) in [6.07, 6.45) is 1.66. The average Bonchev–Trinajstić information content (AvgIpc) is 3.38. The van der Waals surface area contributed by atoms with Gasteiger partial charge in [0.1, 0.15) is 17.3 Å². The van der Waals surface area contributed by atoms with Crippen LogP contribution in [0.15, 0.2) is 60.8 Å². The molecule has 0 unspecified atom stereocenters. The number of phenols is 2. The fraction of sp³-hybridized carbons (Fsp3) is 0.286. The molecule has 0 atom stereocenters.